The number of rotatable bonds is 9. The lowest BCUT2D eigenvalue weighted by atomic mass is 10.0. The first-order valence-electron chi connectivity index (χ1n) is 18.2. The number of hydrogen-bond donors (Lipinski definition) is 2. The summed E-state index contributed by atoms with van der Waals surface area (Å²) in [6.07, 6.45) is 7.70. The summed E-state index contributed by atoms with van der Waals surface area (Å²) in [5.41, 5.74) is 1.90. The Morgan fingerprint density at radius 3 is 1.88 bits per heavy atom. The van der Waals surface area contributed by atoms with Gasteiger partial charge in [0.05, 0.1) is 12.2 Å². The molecule has 3 aliphatic rings. The van der Waals surface area contributed by atoms with E-state index in [-0.39, 0.29) is 29.4 Å². The molecule has 4 amide bonds. The van der Waals surface area contributed by atoms with Gasteiger partial charge in [0.25, 0.3) is 0 Å². The van der Waals surface area contributed by atoms with Crippen molar-refractivity contribution in [2.75, 3.05) is 77.0 Å². The summed E-state index contributed by atoms with van der Waals surface area (Å²) >= 11 is 0. The van der Waals surface area contributed by atoms with E-state index >= 15 is 0 Å². The minimum atomic E-state index is -0.217. The first kappa shape index (κ1) is 43.1. The molecular weight excluding hydrogens is 653 g/mol. The number of pyridine rings is 1. The molecule has 3 aliphatic heterocycles. The van der Waals surface area contributed by atoms with Gasteiger partial charge in [-0.1, -0.05) is 6.07 Å². The summed E-state index contributed by atoms with van der Waals surface area (Å²) in [5, 5.41) is 5.35. The number of nitrogens with one attached hydrogen (secondary N) is 2. The summed E-state index contributed by atoms with van der Waals surface area (Å²) in [6.45, 7) is 18.5. The second-order valence-electron chi connectivity index (χ2n) is 12.7. The summed E-state index contributed by atoms with van der Waals surface area (Å²) in [6, 6.07) is 12.8. The van der Waals surface area contributed by atoms with Gasteiger partial charge in [0.1, 0.15) is 5.82 Å². The second-order valence-corrected chi connectivity index (χ2v) is 12.7. The third kappa shape index (κ3) is 18.6. The normalized spacial score (nSPS) is 16.0. The van der Waals surface area contributed by atoms with Crippen LogP contribution in [0.3, 0.4) is 0 Å². The molecule has 0 aliphatic carbocycles. The van der Waals surface area contributed by atoms with Crippen molar-refractivity contribution in [3.8, 4) is 0 Å². The topological polar surface area (TPSA) is 127 Å². The Hall–Kier alpha value is -4.10. The second kappa shape index (κ2) is 25.0. The van der Waals surface area contributed by atoms with Crippen LogP contribution in [-0.2, 0) is 30.5 Å². The van der Waals surface area contributed by atoms with Gasteiger partial charge in [0.2, 0.25) is 23.6 Å². The molecule has 0 atom stereocenters. The highest BCUT2D eigenvalue weighted by molar-refractivity contribution is 5.74. The zero-order valence-electron chi connectivity index (χ0n) is 31.4. The van der Waals surface area contributed by atoms with E-state index in [1.807, 2.05) is 34.9 Å². The van der Waals surface area contributed by atoms with E-state index in [4.69, 9.17) is 4.74 Å². The number of anilines is 1. The van der Waals surface area contributed by atoms with Gasteiger partial charge in [-0.05, 0) is 88.5 Å². The lowest BCUT2D eigenvalue weighted by molar-refractivity contribution is -0.130. The monoisotopic (exact) mass is 713 g/mol. The molecular formula is C38H60FN7O5. The zero-order valence-corrected chi connectivity index (χ0v) is 31.4. The quantitative estimate of drug-likeness (QED) is 0.376. The summed E-state index contributed by atoms with van der Waals surface area (Å²) in [7, 11) is 0. The number of benzene rings is 1. The number of carbonyl (C=O) groups is 4. The predicted octanol–water partition coefficient (Wildman–Crippen LogP) is 3.85. The Morgan fingerprint density at radius 1 is 0.784 bits per heavy atom. The molecule has 2 aromatic rings. The summed E-state index contributed by atoms with van der Waals surface area (Å²) in [5.74, 6) is 0.141. The fraction of sp³-hybridized carbons (Fsp3) is 0.605. The van der Waals surface area contributed by atoms with Crippen LogP contribution < -0.4 is 15.5 Å². The number of ether oxygens (including phenoxy) is 1. The highest BCUT2D eigenvalue weighted by atomic mass is 19.1. The lowest BCUT2D eigenvalue weighted by Crippen LogP contribution is -2.48. The van der Waals surface area contributed by atoms with Crippen LogP contribution in [0, 0.1) is 5.82 Å². The van der Waals surface area contributed by atoms with E-state index in [1.165, 1.54) is 64.8 Å². The largest absolute Gasteiger partial charge is 0.382 e. The Kier molecular flexibility index (Phi) is 21.1. The number of piperidine rings is 1. The number of likely N-dealkylation sites (tertiary alicyclic amines) is 2. The molecule has 0 bridgehead atoms. The molecule has 12 nitrogen and oxygen atoms in total. The number of halogens is 1. The van der Waals surface area contributed by atoms with E-state index in [2.05, 4.69) is 25.4 Å². The molecule has 3 saturated heterocycles. The molecule has 4 heterocycles. The van der Waals surface area contributed by atoms with Crippen molar-refractivity contribution in [3.63, 3.8) is 0 Å². The standard InChI is InChI=1S/C12H15FN2O.C11H20N2O.C8H10N2O.C7H15NO2/c1-10(16)14-6-8-15(9-7-14)12-4-2-11(13)3-5-12;1-10(14)12-8-4-11(5-9-12)13-6-2-3-7-13;1-7(11)10-6-8-4-2-3-5-9-8;1-3-10-6-4-5-8-7(2)9/h2-5H,6-9H2,1H3;11H,2-9H2,1H3;2-5H,6H2,1H3,(H,10,11);3-6H2,1-2H3,(H,8,9). The van der Waals surface area contributed by atoms with Crippen molar-refractivity contribution in [1.82, 2.24) is 30.3 Å². The molecule has 1 aromatic heterocycles. The van der Waals surface area contributed by atoms with Crippen LogP contribution in [0.2, 0.25) is 0 Å². The van der Waals surface area contributed by atoms with Crippen molar-refractivity contribution in [3.05, 3.63) is 60.2 Å². The fourth-order valence-corrected chi connectivity index (χ4v) is 5.88. The molecule has 0 radical (unpaired) electrons. The molecule has 0 unspecified atom stereocenters. The molecule has 5 rings (SSSR count). The van der Waals surface area contributed by atoms with Crippen molar-refractivity contribution in [1.29, 1.82) is 0 Å². The molecule has 3 fully saturated rings. The van der Waals surface area contributed by atoms with Gasteiger partial charge in [-0.2, -0.15) is 0 Å². The average Bonchev–Trinajstić information content (AvgIpc) is 3.68. The molecule has 1 aromatic carbocycles. The zero-order chi connectivity index (χ0) is 37.4. The molecule has 0 saturated carbocycles. The van der Waals surface area contributed by atoms with Crippen LogP contribution in [0.1, 0.15) is 72.4 Å². The number of aromatic nitrogens is 1. The first-order valence-corrected chi connectivity index (χ1v) is 18.2. The Labute approximate surface area is 304 Å². The highest BCUT2D eigenvalue weighted by Gasteiger charge is 2.27. The Balaban J connectivity index is 0.000000240. The van der Waals surface area contributed by atoms with Crippen molar-refractivity contribution in [2.24, 2.45) is 0 Å². The van der Waals surface area contributed by atoms with E-state index in [0.29, 0.717) is 6.54 Å². The van der Waals surface area contributed by atoms with Gasteiger partial charge in [-0.3, -0.25) is 24.2 Å². The number of piperazine rings is 1. The van der Waals surface area contributed by atoms with Crippen molar-refractivity contribution >= 4 is 29.3 Å². The average molecular weight is 714 g/mol. The van der Waals surface area contributed by atoms with Gasteiger partial charge in [0.15, 0.2) is 0 Å². The van der Waals surface area contributed by atoms with Crippen molar-refractivity contribution < 1.29 is 28.3 Å². The number of hydrogen-bond acceptors (Lipinski definition) is 8. The fourth-order valence-electron chi connectivity index (χ4n) is 5.88. The minimum absolute atomic E-state index is 0.0245. The van der Waals surface area contributed by atoms with Crippen LogP contribution in [0.25, 0.3) is 0 Å². The maximum atomic E-state index is 12.8. The van der Waals surface area contributed by atoms with E-state index in [0.717, 1.165) is 82.9 Å². The molecule has 2 N–H and O–H groups in total. The van der Waals surface area contributed by atoms with E-state index in [9.17, 15) is 23.6 Å². The SMILES string of the molecule is CC(=O)N1CCC(N2CCCC2)CC1.CC(=O)N1CCN(c2ccc(F)cc2)CC1.CC(=O)NCc1ccccn1.CCOCCCNC(C)=O. The van der Waals surface area contributed by atoms with Crippen molar-refractivity contribution in [2.45, 2.75) is 79.3 Å². The van der Waals surface area contributed by atoms with Gasteiger partial charge in [-0.15, -0.1) is 0 Å². The smallest absolute Gasteiger partial charge is 0.219 e. The van der Waals surface area contributed by atoms with Gasteiger partial charge < -0.3 is 35.0 Å². The molecule has 0 spiro atoms. The number of carbonyl (C=O) groups excluding carboxylic acids is 4. The van der Waals surface area contributed by atoms with Crippen LogP contribution in [0.15, 0.2) is 48.7 Å². The van der Waals surface area contributed by atoms with E-state index in [1.54, 1.807) is 32.2 Å². The summed E-state index contributed by atoms with van der Waals surface area (Å²) < 4.78 is 17.8. The highest BCUT2D eigenvalue weighted by Crippen LogP contribution is 2.21. The van der Waals surface area contributed by atoms with E-state index < -0.39 is 0 Å². The first-order chi connectivity index (χ1) is 24.5. The molecule has 51 heavy (non-hydrogen) atoms. The Bertz CT molecular complexity index is 1280. The van der Waals surface area contributed by atoms with Crippen LogP contribution in [0.5, 0.6) is 0 Å². The number of amides is 4. The Morgan fingerprint density at radius 2 is 1.37 bits per heavy atom. The van der Waals surface area contributed by atoms with Crippen LogP contribution in [-0.4, -0.2) is 121 Å². The van der Waals surface area contributed by atoms with Gasteiger partial charge in [0, 0.05) is 105 Å². The third-order valence-corrected chi connectivity index (χ3v) is 8.77. The minimum Gasteiger partial charge on any atom is -0.382 e. The third-order valence-electron chi connectivity index (χ3n) is 8.77. The van der Waals surface area contributed by atoms with Crippen LogP contribution in [0.4, 0.5) is 10.1 Å². The maximum absolute atomic E-state index is 12.8. The van der Waals surface area contributed by atoms with Gasteiger partial charge >= 0.3 is 0 Å². The summed E-state index contributed by atoms with van der Waals surface area (Å²) in [4.78, 5) is 55.7. The predicted molar refractivity (Wildman–Crippen MR) is 199 cm³/mol. The lowest BCUT2D eigenvalue weighted by Gasteiger charge is -2.36. The molecule has 284 valence electrons. The molecule has 13 heteroatoms. The van der Waals surface area contributed by atoms with Crippen LogP contribution >= 0.6 is 0 Å². The maximum Gasteiger partial charge on any atom is 0.219 e. The number of nitrogens with zero attached hydrogens (tertiary/aromatic N) is 5. The van der Waals surface area contributed by atoms with Gasteiger partial charge in [-0.25, -0.2) is 4.39 Å².